The van der Waals surface area contributed by atoms with Crippen LogP contribution in [0.3, 0.4) is 0 Å². The molecule has 0 spiro atoms. The number of rotatable bonds is 6. The van der Waals surface area contributed by atoms with Gasteiger partial charge in [0.05, 0.1) is 19.0 Å². The van der Waals surface area contributed by atoms with Gasteiger partial charge in [0.1, 0.15) is 17.8 Å². The predicted molar refractivity (Wildman–Crippen MR) is 99.5 cm³/mol. The Balaban J connectivity index is 1.53. The van der Waals surface area contributed by atoms with Gasteiger partial charge in [0, 0.05) is 25.1 Å². The molecule has 1 aromatic heterocycles. The van der Waals surface area contributed by atoms with E-state index in [1.807, 2.05) is 0 Å². The van der Waals surface area contributed by atoms with Crippen molar-refractivity contribution in [3.63, 3.8) is 0 Å². The van der Waals surface area contributed by atoms with E-state index in [9.17, 15) is 9.59 Å². The topological polar surface area (TPSA) is 120 Å². The molecule has 0 bridgehead atoms. The Morgan fingerprint density at radius 2 is 1.93 bits per heavy atom. The van der Waals surface area contributed by atoms with Gasteiger partial charge >= 0.3 is 0 Å². The highest BCUT2D eigenvalue weighted by atomic mass is 16.5. The van der Waals surface area contributed by atoms with Gasteiger partial charge in [-0.1, -0.05) is 0 Å². The van der Waals surface area contributed by atoms with Crippen LogP contribution < -0.4 is 21.1 Å². The highest BCUT2D eigenvalue weighted by Crippen LogP contribution is 2.20. The van der Waals surface area contributed by atoms with Gasteiger partial charge in [-0.15, -0.1) is 0 Å². The minimum Gasteiger partial charge on any atom is -0.497 e. The molecule has 4 N–H and O–H groups in total. The number of amides is 2. The van der Waals surface area contributed by atoms with Gasteiger partial charge in [0.25, 0.3) is 0 Å². The van der Waals surface area contributed by atoms with Crippen molar-refractivity contribution in [3.05, 3.63) is 36.7 Å². The first-order valence-corrected chi connectivity index (χ1v) is 8.63. The third-order valence-corrected chi connectivity index (χ3v) is 4.41. The van der Waals surface area contributed by atoms with E-state index in [4.69, 9.17) is 15.2 Å². The summed E-state index contributed by atoms with van der Waals surface area (Å²) in [4.78, 5) is 24.5. The van der Waals surface area contributed by atoms with Crippen LogP contribution in [0.2, 0.25) is 0 Å². The number of hydrogen-bond acceptors (Lipinski definition) is 6. The second-order valence-corrected chi connectivity index (χ2v) is 6.43. The molecule has 2 amide bonds. The minimum absolute atomic E-state index is 0.0174. The summed E-state index contributed by atoms with van der Waals surface area (Å²) in [5.74, 6) is 0.205. The van der Waals surface area contributed by atoms with Crippen LogP contribution >= 0.6 is 0 Å². The summed E-state index contributed by atoms with van der Waals surface area (Å²) < 4.78 is 11.8. The van der Waals surface area contributed by atoms with Crippen molar-refractivity contribution in [1.82, 2.24) is 9.78 Å². The number of carbonyl (C=O) groups is 2. The average Bonchev–Trinajstić information content (AvgIpc) is 3.09. The Morgan fingerprint density at radius 1 is 1.22 bits per heavy atom. The van der Waals surface area contributed by atoms with E-state index >= 15 is 0 Å². The molecule has 0 aliphatic carbocycles. The first kappa shape index (κ1) is 18.9. The van der Waals surface area contributed by atoms with Gasteiger partial charge in [0.2, 0.25) is 11.8 Å². The van der Waals surface area contributed by atoms with Crippen molar-refractivity contribution in [2.45, 2.75) is 24.9 Å². The van der Waals surface area contributed by atoms with E-state index in [1.165, 1.54) is 10.9 Å². The summed E-state index contributed by atoms with van der Waals surface area (Å²) in [7, 11) is 1.58. The fourth-order valence-corrected chi connectivity index (χ4v) is 2.75. The van der Waals surface area contributed by atoms with E-state index in [-0.39, 0.29) is 18.4 Å². The average molecular weight is 373 g/mol. The summed E-state index contributed by atoms with van der Waals surface area (Å²) in [5.41, 5.74) is 6.37. The Hall–Kier alpha value is -2.91. The van der Waals surface area contributed by atoms with E-state index in [2.05, 4.69) is 15.7 Å². The van der Waals surface area contributed by atoms with Crippen molar-refractivity contribution in [3.8, 4) is 5.75 Å². The molecule has 0 saturated carbocycles. The number of nitrogens with zero attached hydrogens (tertiary/aromatic N) is 2. The molecule has 1 aromatic carbocycles. The van der Waals surface area contributed by atoms with Gasteiger partial charge in [-0.25, -0.2) is 0 Å². The van der Waals surface area contributed by atoms with Crippen LogP contribution in [0, 0.1) is 0 Å². The van der Waals surface area contributed by atoms with Crippen LogP contribution in [0.15, 0.2) is 36.7 Å². The maximum atomic E-state index is 12.4. The summed E-state index contributed by atoms with van der Waals surface area (Å²) in [6.45, 7) is 0.951. The molecule has 0 unspecified atom stereocenters. The minimum atomic E-state index is -0.938. The number of carbonyl (C=O) groups excluding carboxylic acids is 2. The lowest BCUT2D eigenvalue weighted by atomic mass is 9.90. The molecule has 9 heteroatoms. The lowest BCUT2D eigenvalue weighted by Gasteiger charge is -2.31. The quantitative estimate of drug-likeness (QED) is 0.694. The van der Waals surface area contributed by atoms with Crippen molar-refractivity contribution in [1.29, 1.82) is 0 Å². The Labute approximate surface area is 156 Å². The highest BCUT2D eigenvalue weighted by Gasteiger charge is 2.36. The fraction of sp³-hybridized carbons (Fsp3) is 0.389. The van der Waals surface area contributed by atoms with E-state index < -0.39 is 5.54 Å². The normalized spacial score (nSPS) is 15.8. The molecule has 3 rings (SSSR count). The van der Waals surface area contributed by atoms with E-state index in [0.717, 1.165) is 0 Å². The summed E-state index contributed by atoms with van der Waals surface area (Å²) in [5, 5.41) is 9.63. The van der Waals surface area contributed by atoms with Crippen LogP contribution in [0.5, 0.6) is 5.75 Å². The number of nitrogens with two attached hydrogens (primary N) is 1. The molecular formula is C18H23N5O4. The zero-order chi connectivity index (χ0) is 19.3. The van der Waals surface area contributed by atoms with E-state index in [0.29, 0.717) is 43.2 Å². The fourth-order valence-electron chi connectivity index (χ4n) is 2.75. The SMILES string of the molecule is COc1ccc(NC(=O)Cn2cc(NC(=O)C3(N)CCOCC3)cn2)cc1. The van der Waals surface area contributed by atoms with Crippen LogP contribution in [-0.2, 0) is 20.9 Å². The third kappa shape index (κ3) is 4.83. The smallest absolute Gasteiger partial charge is 0.246 e. The lowest BCUT2D eigenvalue weighted by Crippen LogP contribution is -2.54. The summed E-state index contributed by atoms with van der Waals surface area (Å²) >= 11 is 0. The standard InChI is InChI=1S/C18H23N5O4/c1-26-15-4-2-13(3-5-15)21-16(24)12-23-11-14(10-20-23)22-17(25)18(19)6-8-27-9-7-18/h2-5,10-11H,6-9,12,19H2,1H3,(H,21,24)(H,22,25). The van der Waals surface area contributed by atoms with Crippen molar-refractivity contribution < 1.29 is 19.1 Å². The number of aromatic nitrogens is 2. The first-order valence-electron chi connectivity index (χ1n) is 8.63. The molecule has 1 saturated heterocycles. The molecule has 1 aliphatic heterocycles. The molecule has 144 valence electrons. The Bertz CT molecular complexity index is 796. The van der Waals surface area contributed by atoms with Crippen LogP contribution in [0.25, 0.3) is 0 Å². The maximum absolute atomic E-state index is 12.4. The van der Waals surface area contributed by atoms with Crippen LogP contribution in [0.1, 0.15) is 12.8 Å². The number of ether oxygens (including phenoxy) is 2. The van der Waals surface area contributed by atoms with Gasteiger partial charge in [-0.2, -0.15) is 5.10 Å². The summed E-state index contributed by atoms with van der Waals surface area (Å²) in [6, 6.07) is 7.02. The molecule has 0 radical (unpaired) electrons. The third-order valence-electron chi connectivity index (χ3n) is 4.41. The van der Waals surface area contributed by atoms with Crippen molar-refractivity contribution >= 4 is 23.2 Å². The molecule has 27 heavy (non-hydrogen) atoms. The molecular weight excluding hydrogens is 350 g/mol. The van der Waals surface area contributed by atoms with E-state index in [1.54, 1.807) is 37.6 Å². The zero-order valence-electron chi connectivity index (χ0n) is 15.1. The zero-order valence-corrected chi connectivity index (χ0v) is 15.1. The van der Waals surface area contributed by atoms with Gasteiger partial charge in [0.15, 0.2) is 0 Å². The second-order valence-electron chi connectivity index (χ2n) is 6.43. The Kier molecular flexibility index (Phi) is 5.72. The Morgan fingerprint density at radius 3 is 2.59 bits per heavy atom. The molecule has 2 aromatic rings. The first-order chi connectivity index (χ1) is 13.0. The van der Waals surface area contributed by atoms with Crippen molar-refractivity contribution in [2.75, 3.05) is 31.0 Å². The molecule has 0 atom stereocenters. The molecule has 9 nitrogen and oxygen atoms in total. The lowest BCUT2D eigenvalue weighted by molar-refractivity contribution is -0.124. The van der Waals surface area contributed by atoms with Gasteiger partial charge in [-0.05, 0) is 37.1 Å². The summed E-state index contributed by atoms with van der Waals surface area (Å²) in [6.07, 6.45) is 4.02. The molecule has 2 heterocycles. The van der Waals surface area contributed by atoms with Crippen LogP contribution in [0.4, 0.5) is 11.4 Å². The number of benzene rings is 1. The number of hydrogen-bond donors (Lipinski definition) is 3. The second kappa shape index (κ2) is 8.19. The van der Waals surface area contributed by atoms with Gasteiger partial charge < -0.3 is 25.8 Å². The number of anilines is 2. The van der Waals surface area contributed by atoms with Crippen molar-refractivity contribution in [2.24, 2.45) is 5.73 Å². The monoisotopic (exact) mass is 373 g/mol. The predicted octanol–water partition coefficient (Wildman–Crippen LogP) is 0.977. The molecule has 1 fully saturated rings. The number of nitrogens with one attached hydrogen (secondary N) is 2. The highest BCUT2D eigenvalue weighted by molar-refractivity contribution is 5.98. The largest absolute Gasteiger partial charge is 0.497 e. The van der Waals surface area contributed by atoms with Gasteiger partial charge in [-0.3, -0.25) is 14.3 Å². The maximum Gasteiger partial charge on any atom is 0.246 e. The molecule has 1 aliphatic rings. The van der Waals surface area contributed by atoms with Crippen LogP contribution in [-0.4, -0.2) is 47.5 Å². The number of methoxy groups -OCH3 is 1.